The van der Waals surface area contributed by atoms with Gasteiger partial charge in [-0.2, -0.15) is 0 Å². The van der Waals surface area contributed by atoms with Gasteiger partial charge in [-0.1, -0.05) is 19.1 Å². The molecule has 1 atom stereocenters. The maximum absolute atomic E-state index is 9.73. The van der Waals surface area contributed by atoms with E-state index in [4.69, 9.17) is 0 Å². The molecule has 1 nitrogen and oxygen atoms in total. The molecule has 0 saturated carbocycles. The number of aryl methyl sites for hydroxylation is 3. The first kappa shape index (κ1) is 10.3. The van der Waals surface area contributed by atoms with Gasteiger partial charge in [-0.25, -0.2) is 0 Å². The van der Waals surface area contributed by atoms with E-state index < -0.39 is 0 Å². The third-order valence-electron chi connectivity index (χ3n) is 2.63. The van der Waals surface area contributed by atoms with Gasteiger partial charge in [0.1, 0.15) is 0 Å². The summed E-state index contributed by atoms with van der Waals surface area (Å²) in [5.41, 5.74) is 4.82. The molecular weight excluding hydrogens is 160 g/mol. The van der Waals surface area contributed by atoms with Gasteiger partial charge in [0.15, 0.2) is 0 Å². The molecule has 72 valence electrons. The summed E-state index contributed by atoms with van der Waals surface area (Å²) >= 11 is 0. The van der Waals surface area contributed by atoms with Gasteiger partial charge in [0.2, 0.25) is 0 Å². The topological polar surface area (TPSA) is 20.2 Å². The number of aliphatic hydroxyl groups excluding tert-OH is 1. The highest BCUT2D eigenvalue weighted by Gasteiger charge is 2.08. The van der Waals surface area contributed by atoms with E-state index in [-0.39, 0.29) is 6.10 Å². The predicted molar refractivity (Wildman–Crippen MR) is 55.9 cm³/mol. The fraction of sp³-hybridized carbons (Fsp3) is 0.500. The Balaban J connectivity index is 3.15. The molecule has 1 aromatic carbocycles. The van der Waals surface area contributed by atoms with Crippen molar-refractivity contribution in [3.8, 4) is 0 Å². The molecule has 0 heterocycles. The summed E-state index contributed by atoms with van der Waals surface area (Å²) < 4.78 is 0. The summed E-state index contributed by atoms with van der Waals surface area (Å²) in [7, 11) is 0. The normalized spacial score (nSPS) is 13.0. The van der Waals surface area contributed by atoms with Crippen LogP contribution in [0.4, 0.5) is 0 Å². The molecule has 0 unspecified atom stereocenters. The lowest BCUT2D eigenvalue weighted by molar-refractivity contribution is 0.173. The van der Waals surface area contributed by atoms with Gasteiger partial charge in [-0.3, -0.25) is 0 Å². The second-order valence-electron chi connectivity index (χ2n) is 3.72. The van der Waals surface area contributed by atoms with Gasteiger partial charge in [0.25, 0.3) is 0 Å². The van der Waals surface area contributed by atoms with Gasteiger partial charge >= 0.3 is 0 Å². The van der Waals surface area contributed by atoms with Gasteiger partial charge in [0.05, 0.1) is 6.10 Å². The van der Waals surface area contributed by atoms with Crippen LogP contribution in [-0.4, -0.2) is 5.11 Å². The van der Waals surface area contributed by atoms with E-state index in [1.807, 2.05) is 6.92 Å². The molecule has 0 amide bonds. The molecule has 0 fully saturated rings. The molecule has 0 aliphatic heterocycles. The molecule has 1 rings (SSSR count). The molecule has 0 saturated heterocycles. The number of aliphatic hydroxyl groups is 1. The Morgan fingerprint density at radius 2 is 1.62 bits per heavy atom. The van der Waals surface area contributed by atoms with E-state index in [1.165, 1.54) is 16.7 Å². The monoisotopic (exact) mass is 178 g/mol. The maximum Gasteiger partial charge on any atom is 0.0790 e. The molecule has 1 aromatic rings. The van der Waals surface area contributed by atoms with Crippen LogP contribution in [0.3, 0.4) is 0 Å². The van der Waals surface area contributed by atoms with Gasteiger partial charge in [-0.05, 0) is 49.4 Å². The first-order chi connectivity index (χ1) is 6.06. The van der Waals surface area contributed by atoms with Gasteiger partial charge in [-0.15, -0.1) is 0 Å². The summed E-state index contributed by atoms with van der Waals surface area (Å²) in [5, 5.41) is 9.73. The molecule has 1 N–H and O–H groups in total. The minimum atomic E-state index is -0.306. The van der Waals surface area contributed by atoms with Crippen molar-refractivity contribution in [2.75, 3.05) is 0 Å². The Morgan fingerprint density at radius 3 is 2.15 bits per heavy atom. The Hall–Kier alpha value is -0.820. The summed E-state index contributed by atoms with van der Waals surface area (Å²) in [4.78, 5) is 0. The van der Waals surface area contributed by atoms with E-state index in [0.717, 1.165) is 12.0 Å². The van der Waals surface area contributed by atoms with Crippen LogP contribution in [0, 0.1) is 20.8 Å². The number of benzene rings is 1. The summed E-state index contributed by atoms with van der Waals surface area (Å²) in [5.74, 6) is 0. The van der Waals surface area contributed by atoms with Crippen LogP contribution in [0.5, 0.6) is 0 Å². The van der Waals surface area contributed by atoms with Crippen LogP contribution in [0.1, 0.15) is 41.7 Å². The van der Waals surface area contributed by atoms with Crippen LogP contribution < -0.4 is 0 Å². The predicted octanol–water partition coefficient (Wildman–Crippen LogP) is 3.06. The molecule has 0 spiro atoms. The van der Waals surface area contributed by atoms with Crippen LogP contribution in [0.2, 0.25) is 0 Å². The van der Waals surface area contributed by atoms with Crippen LogP contribution in [0.15, 0.2) is 12.1 Å². The number of hydrogen-bond donors (Lipinski definition) is 1. The van der Waals surface area contributed by atoms with E-state index >= 15 is 0 Å². The molecular formula is C12H18O. The second-order valence-corrected chi connectivity index (χ2v) is 3.72. The average molecular weight is 178 g/mol. The fourth-order valence-electron chi connectivity index (χ4n) is 1.56. The maximum atomic E-state index is 9.73. The van der Waals surface area contributed by atoms with Gasteiger partial charge < -0.3 is 5.11 Å². The smallest absolute Gasteiger partial charge is 0.0790 e. The van der Waals surface area contributed by atoms with Crippen molar-refractivity contribution < 1.29 is 5.11 Å². The molecule has 0 aromatic heterocycles. The highest BCUT2D eigenvalue weighted by molar-refractivity contribution is 5.37. The lowest BCUT2D eigenvalue weighted by Crippen LogP contribution is -2.00. The Kier molecular flexibility index (Phi) is 3.10. The SMILES string of the molecule is CC[C@@H](O)c1cc(C)c(C)cc1C. The highest BCUT2D eigenvalue weighted by atomic mass is 16.3. The summed E-state index contributed by atoms with van der Waals surface area (Å²) in [6, 6.07) is 4.24. The summed E-state index contributed by atoms with van der Waals surface area (Å²) in [6.45, 7) is 8.24. The van der Waals surface area contributed by atoms with Crippen molar-refractivity contribution >= 4 is 0 Å². The minimum Gasteiger partial charge on any atom is -0.388 e. The van der Waals surface area contributed by atoms with Crippen molar-refractivity contribution in [3.63, 3.8) is 0 Å². The molecule has 1 heteroatoms. The Morgan fingerprint density at radius 1 is 1.08 bits per heavy atom. The number of rotatable bonds is 2. The van der Waals surface area contributed by atoms with E-state index in [2.05, 4.69) is 32.9 Å². The largest absolute Gasteiger partial charge is 0.388 e. The van der Waals surface area contributed by atoms with Crippen molar-refractivity contribution in [2.45, 2.75) is 40.2 Å². The van der Waals surface area contributed by atoms with Crippen LogP contribution in [0.25, 0.3) is 0 Å². The van der Waals surface area contributed by atoms with E-state index in [9.17, 15) is 5.11 Å². The van der Waals surface area contributed by atoms with Crippen LogP contribution in [-0.2, 0) is 0 Å². The van der Waals surface area contributed by atoms with Crippen molar-refractivity contribution in [1.82, 2.24) is 0 Å². The summed E-state index contributed by atoms with van der Waals surface area (Å²) in [6.07, 6.45) is 0.475. The third kappa shape index (κ3) is 2.10. The lowest BCUT2D eigenvalue weighted by Gasteiger charge is -2.14. The molecule has 0 radical (unpaired) electrons. The van der Waals surface area contributed by atoms with Crippen molar-refractivity contribution in [3.05, 3.63) is 34.4 Å². The standard InChI is InChI=1S/C12H18O/c1-5-12(13)11-7-9(3)8(2)6-10(11)4/h6-7,12-13H,5H2,1-4H3/t12-/m1/s1. The second kappa shape index (κ2) is 3.93. The zero-order valence-corrected chi connectivity index (χ0v) is 8.89. The fourth-order valence-corrected chi connectivity index (χ4v) is 1.56. The van der Waals surface area contributed by atoms with Crippen LogP contribution >= 0.6 is 0 Å². The average Bonchev–Trinajstić information content (AvgIpc) is 2.10. The van der Waals surface area contributed by atoms with E-state index in [0.29, 0.717) is 0 Å². The molecule has 0 aliphatic carbocycles. The quantitative estimate of drug-likeness (QED) is 0.738. The Bertz CT molecular complexity index is 302. The first-order valence-electron chi connectivity index (χ1n) is 4.82. The van der Waals surface area contributed by atoms with Gasteiger partial charge in [0, 0.05) is 0 Å². The zero-order chi connectivity index (χ0) is 10.0. The zero-order valence-electron chi connectivity index (χ0n) is 8.89. The van der Waals surface area contributed by atoms with Crippen molar-refractivity contribution in [2.24, 2.45) is 0 Å². The lowest BCUT2D eigenvalue weighted by atomic mass is 9.96. The van der Waals surface area contributed by atoms with Crippen molar-refractivity contribution in [1.29, 1.82) is 0 Å². The molecule has 0 aliphatic rings. The minimum absolute atomic E-state index is 0.306. The highest BCUT2D eigenvalue weighted by Crippen LogP contribution is 2.23. The molecule has 0 bridgehead atoms. The Labute approximate surface area is 80.4 Å². The third-order valence-corrected chi connectivity index (χ3v) is 2.63. The van der Waals surface area contributed by atoms with E-state index in [1.54, 1.807) is 0 Å². The number of hydrogen-bond acceptors (Lipinski definition) is 1. The molecule has 13 heavy (non-hydrogen) atoms. The first-order valence-corrected chi connectivity index (χ1v) is 4.82.